The third kappa shape index (κ3) is 3.08. The van der Waals surface area contributed by atoms with Gasteiger partial charge in [-0.15, -0.1) is 0 Å². The fourth-order valence-corrected chi connectivity index (χ4v) is 1.55. The summed E-state index contributed by atoms with van der Waals surface area (Å²) in [5, 5.41) is 11.4. The van der Waals surface area contributed by atoms with Crippen LogP contribution in [0.2, 0.25) is 0 Å². The van der Waals surface area contributed by atoms with E-state index in [1.54, 1.807) is 18.2 Å². The lowest BCUT2D eigenvalue weighted by Gasteiger charge is -2.05. The lowest BCUT2D eigenvalue weighted by Crippen LogP contribution is -2.14. The SMILES string of the molecule is C=Cc1ccc(NC(=O)c2ccc(C(=O)O)cn2)cc1. The zero-order valence-electron chi connectivity index (χ0n) is 10.5. The summed E-state index contributed by atoms with van der Waals surface area (Å²) in [7, 11) is 0. The number of anilines is 1. The molecule has 2 rings (SSSR count). The molecule has 0 bridgehead atoms. The Kier molecular flexibility index (Phi) is 3.91. The van der Waals surface area contributed by atoms with Gasteiger partial charge in [0.15, 0.2) is 0 Å². The number of aromatic nitrogens is 1. The standard InChI is InChI=1S/C15H12N2O3/c1-2-10-3-6-12(7-4-10)17-14(18)13-8-5-11(9-16-13)15(19)20/h2-9H,1H2,(H,17,18)(H,19,20). The molecule has 0 saturated heterocycles. The lowest BCUT2D eigenvalue weighted by molar-refractivity contribution is 0.0696. The Morgan fingerprint density at radius 3 is 2.35 bits per heavy atom. The number of aromatic carboxylic acids is 1. The van der Waals surface area contributed by atoms with Crippen molar-refractivity contribution in [2.45, 2.75) is 0 Å². The molecule has 0 aliphatic carbocycles. The van der Waals surface area contributed by atoms with Crippen LogP contribution in [0, 0.1) is 0 Å². The summed E-state index contributed by atoms with van der Waals surface area (Å²) in [4.78, 5) is 26.4. The molecule has 0 spiro atoms. The van der Waals surface area contributed by atoms with E-state index in [9.17, 15) is 9.59 Å². The van der Waals surface area contributed by atoms with Gasteiger partial charge in [0.2, 0.25) is 0 Å². The Hall–Kier alpha value is -2.95. The van der Waals surface area contributed by atoms with Crippen LogP contribution in [0.5, 0.6) is 0 Å². The number of benzene rings is 1. The molecule has 0 atom stereocenters. The molecule has 100 valence electrons. The van der Waals surface area contributed by atoms with E-state index in [-0.39, 0.29) is 11.3 Å². The molecular weight excluding hydrogens is 256 g/mol. The summed E-state index contributed by atoms with van der Waals surface area (Å²) < 4.78 is 0. The summed E-state index contributed by atoms with van der Waals surface area (Å²) in [6, 6.07) is 9.86. The topological polar surface area (TPSA) is 79.3 Å². The van der Waals surface area contributed by atoms with E-state index in [2.05, 4.69) is 16.9 Å². The van der Waals surface area contributed by atoms with Crippen LogP contribution in [0.25, 0.3) is 6.08 Å². The van der Waals surface area contributed by atoms with E-state index in [0.717, 1.165) is 11.8 Å². The number of hydrogen-bond acceptors (Lipinski definition) is 3. The number of carboxylic acids is 1. The minimum atomic E-state index is -1.08. The average molecular weight is 268 g/mol. The van der Waals surface area contributed by atoms with Gasteiger partial charge in [-0.2, -0.15) is 0 Å². The molecule has 0 saturated carbocycles. The molecule has 1 heterocycles. The van der Waals surface area contributed by atoms with Gasteiger partial charge in [0.25, 0.3) is 5.91 Å². The highest BCUT2D eigenvalue weighted by molar-refractivity contribution is 6.03. The summed E-state index contributed by atoms with van der Waals surface area (Å²) in [5.41, 5.74) is 1.77. The van der Waals surface area contributed by atoms with Crippen LogP contribution >= 0.6 is 0 Å². The van der Waals surface area contributed by atoms with Crippen molar-refractivity contribution in [3.8, 4) is 0 Å². The molecule has 5 nitrogen and oxygen atoms in total. The number of pyridine rings is 1. The van der Waals surface area contributed by atoms with E-state index in [1.165, 1.54) is 12.1 Å². The molecule has 0 aliphatic heterocycles. The van der Waals surface area contributed by atoms with Crippen molar-refractivity contribution >= 4 is 23.6 Å². The second-order valence-electron chi connectivity index (χ2n) is 4.02. The summed E-state index contributed by atoms with van der Waals surface area (Å²) >= 11 is 0. The summed E-state index contributed by atoms with van der Waals surface area (Å²) in [5.74, 6) is -1.47. The highest BCUT2D eigenvalue weighted by atomic mass is 16.4. The molecule has 0 radical (unpaired) electrons. The maximum Gasteiger partial charge on any atom is 0.337 e. The van der Waals surface area contributed by atoms with Gasteiger partial charge in [0.05, 0.1) is 5.56 Å². The number of nitrogens with one attached hydrogen (secondary N) is 1. The Morgan fingerprint density at radius 1 is 1.15 bits per heavy atom. The van der Waals surface area contributed by atoms with Crippen LogP contribution in [-0.2, 0) is 0 Å². The van der Waals surface area contributed by atoms with E-state index < -0.39 is 11.9 Å². The summed E-state index contributed by atoms with van der Waals surface area (Å²) in [6.45, 7) is 3.65. The van der Waals surface area contributed by atoms with Crippen molar-refractivity contribution in [3.63, 3.8) is 0 Å². The molecular formula is C15H12N2O3. The van der Waals surface area contributed by atoms with Gasteiger partial charge >= 0.3 is 5.97 Å². The van der Waals surface area contributed by atoms with Crippen molar-refractivity contribution in [1.82, 2.24) is 4.98 Å². The van der Waals surface area contributed by atoms with E-state index >= 15 is 0 Å². The number of nitrogens with zero attached hydrogens (tertiary/aromatic N) is 1. The first-order valence-corrected chi connectivity index (χ1v) is 5.83. The van der Waals surface area contributed by atoms with Gasteiger partial charge in [0, 0.05) is 11.9 Å². The van der Waals surface area contributed by atoms with Gasteiger partial charge in [-0.3, -0.25) is 9.78 Å². The Balaban J connectivity index is 2.10. The zero-order chi connectivity index (χ0) is 14.5. The van der Waals surface area contributed by atoms with Crippen LogP contribution < -0.4 is 5.32 Å². The van der Waals surface area contributed by atoms with E-state index in [1.807, 2.05) is 12.1 Å². The zero-order valence-corrected chi connectivity index (χ0v) is 10.5. The van der Waals surface area contributed by atoms with Crippen molar-refractivity contribution in [2.24, 2.45) is 0 Å². The molecule has 2 aromatic rings. The first-order valence-electron chi connectivity index (χ1n) is 5.83. The van der Waals surface area contributed by atoms with E-state index in [0.29, 0.717) is 5.69 Å². The largest absolute Gasteiger partial charge is 0.478 e. The second-order valence-corrected chi connectivity index (χ2v) is 4.02. The van der Waals surface area contributed by atoms with Crippen LogP contribution in [0.3, 0.4) is 0 Å². The van der Waals surface area contributed by atoms with Crippen molar-refractivity contribution in [2.75, 3.05) is 5.32 Å². The first-order chi connectivity index (χ1) is 9.60. The monoisotopic (exact) mass is 268 g/mol. The lowest BCUT2D eigenvalue weighted by atomic mass is 10.2. The van der Waals surface area contributed by atoms with E-state index in [4.69, 9.17) is 5.11 Å². The van der Waals surface area contributed by atoms with Gasteiger partial charge in [-0.05, 0) is 29.8 Å². The molecule has 1 aromatic heterocycles. The second kappa shape index (κ2) is 5.79. The third-order valence-electron chi connectivity index (χ3n) is 2.65. The minimum absolute atomic E-state index is 0.0388. The van der Waals surface area contributed by atoms with Gasteiger partial charge in [-0.25, -0.2) is 4.79 Å². The Labute approximate surface area is 115 Å². The predicted octanol–water partition coefficient (Wildman–Crippen LogP) is 2.68. The molecule has 2 N–H and O–H groups in total. The maximum atomic E-state index is 11.9. The molecule has 0 fully saturated rings. The minimum Gasteiger partial charge on any atom is -0.478 e. The average Bonchev–Trinajstić information content (AvgIpc) is 2.48. The number of carbonyl (C=O) groups is 2. The van der Waals surface area contributed by atoms with Crippen molar-refractivity contribution < 1.29 is 14.7 Å². The van der Waals surface area contributed by atoms with Crippen molar-refractivity contribution in [3.05, 3.63) is 66.0 Å². The van der Waals surface area contributed by atoms with Gasteiger partial charge in [0.1, 0.15) is 5.69 Å². The number of rotatable bonds is 4. The highest BCUT2D eigenvalue weighted by Crippen LogP contribution is 2.11. The third-order valence-corrected chi connectivity index (χ3v) is 2.65. The van der Waals surface area contributed by atoms with Gasteiger partial charge < -0.3 is 10.4 Å². The normalized spacial score (nSPS) is 9.80. The maximum absolute atomic E-state index is 11.9. The molecule has 0 aliphatic rings. The summed E-state index contributed by atoms with van der Waals surface area (Å²) in [6.07, 6.45) is 2.86. The molecule has 5 heteroatoms. The highest BCUT2D eigenvalue weighted by Gasteiger charge is 2.09. The van der Waals surface area contributed by atoms with Crippen LogP contribution in [0.4, 0.5) is 5.69 Å². The number of amides is 1. The Morgan fingerprint density at radius 2 is 1.85 bits per heavy atom. The Bertz CT molecular complexity index is 646. The smallest absolute Gasteiger partial charge is 0.337 e. The molecule has 20 heavy (non-hydrogen) atoms. The fourth-order valence-electron chi connectivity index (χ4n) is 1.55. The van der Waals surface area contributed by atoms with Crippen molar-refractivity contribution in [1.29, 1.82) is 0 Å². The quantitative estimate of drug-likeness (QED) is 0.893. The predicted molar refractivity (Wildman–Crippen MR) is 75.7 cm³/mol. The van der Waals surface area contributed by atoms with Gasteiger partial charge in [-0.1, -0.05) is 24.8 Å². The molecule has 1 amide bonds. The number of carboxylic acid groups (broad SMARTS) is 1. The fraction of sp³-hybridized carbons (Fsp3) is 0. The van der Waals surface area contributed by atoms with Crippen LogP contribution in [0.15, 0.2) is 49.2 Å². The van der Waals surface area contributed by atoms with Crippen LogP contribution in [-0.4, -0.2) is 22.0 Å². The number of hydrogen-bond donors (Lipinski definition) is 2. The first kappa shape index (κ1) is 13.5. The van der Waals surface area contributed by atoms with Crippen LogP contribution in [0.1, 0.15) is 26.4 Å². The molecule has 0 unspecified atom stereocenters. The molecule has 1 aromatic carbocycles. The number of carbonyl (C=O) groups excluding carboxylic acids is 1.